The topological polar surface area (TPSA) is 118 Å². The highest BCUT2D eigenvalue weighted by molar-refractivity contribution is 6.30. The van der Waals surface area contributed by atoms with E-state index in [0.29, 0.717) is 46.6 Å². The summed E-state index contributed by atoms with van der Waals surface area (Å²) in [6.07, 6.45) is 2.40. The Labute approximate surface area is 213 Å². The molecule has 1 unspecified atom stereocenters. The summed E-state index contributed by atoms with van der Waals surface area (Å²) in [5.41, 5.74) is 2.27. The molecule has 0 amide bonds. The van der Waals surface area contributed by atoms with Gasteiger partial charge in [-0.25, -0.2) is 19.2 Å². The summed E-state index contributed by atoms with van der Waals surface area (Å²) in [5.74, 6) is -0.248. The minimum absolute atomic E-state index is 0.0240. The maximum absolute atomic E-state index is 13.6. The van der Waals surface area contributed by atoms with Crippen molar-refractivity contribution in [3.63, 3.8) is 0 Å². The van der Waals surface area contributed by atoms with Gasteiger partial charge in [0.05, 0.1) is 17.3 Å². The molecule has 0 fully saturated rings. The third kappa shape index (κ3) is 3.97. The van der Waals surface area contributed by atoms with E-state index in [2.05, 4.69) is 10.3 Å². The fourth-order valence-electron chi connectivity index (χ4n) is 4.67. The molecular formula is C25H19ClFN5O5. The average molecular weight is 524 g/mol. The Morgan fingerprint density at radius 3 is 2.89 bits per heavy atom. The van der Waals surface area contributed by atoms with Crippen molar-refractivity contribution in [3.8, 4) is 11.5 Å². The van der Waals surface area contributed by atoms with Gasteiger partial charge in [0.1, 0.15) is 28.7 Å². The predicted molar refractivity (Wildman–Crippen MR) is 132 cm³/mol. The van der Waals surface area contributed by atoms with Gasteiger partial charge >= 0.3 is 5.97 Å². The number of nitrogens with one attached hydrogen (secondary N) is 1. The summed E-state index contributed by atoms with van der Waals surface area (Å²) >= 11 is 6.32. The van der Waals surface area contributed by atoms with Crippen molar-refractivity contribution in [1.82, 2.24) is 14.4 Å². The van der Waals surface area contributed by atoms with Crippen molar-refractivity contribution in [2.24, 2.45) is 0 Å². The predicted octanol–water partition coefficient (Wildman–Crippen LogP) is 4.00. The number of aromatic carboxylic acids is 1. The van der Waals surface area contributed by atoms with Crippen LogP contribution in [0.25, 0.3) is 5.65 Å². The standard InChI is InChI=1S/C25H19ClFN5O5/c1-12(29-23-17(25(34)35)5-15(27)7-28-23)16-4-14(26)9-32-21(33)6-20(30-24(16)32)31-8-13-2-3-19-22(18(13)10-31)37-11-36-19/h2-7,9,12H,8,10-11H2,1H3,(H,28,29)(H,34,35). The third-order valence-corrected chi connectivity index (χ3v) is 6.63. The Morgan fingerprint density at radius 2 is 2.08 bits per heavy atom. The third-order valence-electron chi connectivity index (χ3n) is 6.42. The van der Waals surface area contributed by atoms with Crippen molar-refractivity contribution in [1.29, 1.82) is 0 Å². The number of nitrogens with zero attached hydrogens (tertiary/aromatic N) is 4. The van der Waals surface area contributed by atoms with E-state index in [9.17, 15) is 19.1 Å². The molecular weight excluding hydrogens is 505 g/mol. The molecule has 6 rings (SSSR count). The van der Waals surface area contributed by atoms with E-state index in [1.165, 1.54) is 16.7 Å². The minimum Gasteiger partial charge on any atom is -0.478 e. The molecule has 0 bridgehead atoms. The lowest BCUT2D eigenvalue weighted by atomic mass is 10.1. The Kier molecular flexibility index (Phi) is 5.37. The number of fused-ring (bicyclic) bond motifs is 4. The molecule has 5 heterocycles. The minimum atomic E-state index is -1.33. The van der Waals surface area contributed by atoms with Crippen LogP contribution in [0.1, 0.15) is 40.0 Å². The van der Waals surface area contributed by atoms with Crippen LogP contribution < -0.4 is 25.2 Å². The number of carboxylic acid groups (broad SMARTS) is 1. The van der Waals surface area contributed by atoms with Crippen LogP contribution in [0.5, 0.6) is 11.5 Å². The van der Waals surface area contributed by atoms with E-state index in [1.807, 2.05) is 17.0 Å². The average Bonchev–Trinajstić information content (AvgIpc) is 3.51. The molecule has 0 saturated carbocycles. The maximum Gasteiger partial charge on any atom is 0.339 e. The lowest BCUT2D eigenvalue weighted by molar-refractivity contribution is 0.0697. The van der Waals surface area contributed by atoms with E-state index in [4.69, 9.17) is 26.1 Å². The van der Waals surface area contributed by atoms with Crippen LogP contribution in [-0.2, 0) is 13.1 Å². The fraction of sp³-hybridized carbons (Fsp3) is 0.200. The molecule has 3 aromatic heterocycles. The molecule has 0 saturated heterocycles. The Hall–Kier alpha value is -4.38. The number of halogens is 2. The summed E-state index contributed by atoms with van der Waals surface area (Å²) < 4.78 is 26.1. The Bertz CT molecular complexity index is 1660. The summed E-state index contributed by atoms with van der Waals surface area (Å²) in [6.45, 7) is 2.94. The lowest BCUT2D eigenvalue weighted by Crippen LogP contribution is -2.23. The molecule has 37 heavy (non-hydrogen) atoms. The summed E-state index contributed by atoms with van der Waals surface area (Å²) in [6, 6.07) is 7.23. The van der Waals surface area contributed by atoms with E-state index in [1.54, 1.807) is 13.0 Å². The number of benzene rings is 1. The summed E-state index contributed by atoms with van der Waals surface area (Å²) in [4.78, 5) is 35.4. The number of carbonyl (C=O) groups is 1. The zero-order valence-electron chi connectivity index (χ0n) is 19.4. The zero-order valence-corrected chi connectivity index (χ0v) is 20.1. The largest absolute Gasteiger partial charge is 0.478 e. The fourth-order valence-corrected chi connectivity index (χ4v) is 4.88. The highest BCUT2D eigenvalue weighted by atomic mass is 35.5. The lowest BCUT2D eigenvalue weighted by Gasteiger charge is -2.21. The number of anilines is 2. The van der Waals surface area contributed by atoms with E-state index >= 15 is 0 Å². The number of carboxylic acids is 1. The van der Waals surface area contributed by atoms with Gasteiger partial charge in [0.2, 0.25) is 6.79 Å². The molecule has 2 aliphatic heterocycles. The second kappa shape index (κ2) is 8.63. The maximum atomic E-state index is 13.6. The van der Waals surface area contributed by atoms with Crippen LogP contribution >= 0.6 is 11.6 Å². The van der Waals surface area contributed by atoms with Gasteiger partial charge in [-0.15, -0.1) is 0 Å². The molecule has 10 nitrogen and oxygen atoms in total. The first-order valence-electron chi connectivity index (χ1n) is 11.3. The molecule has 0 radical (unpaired) electrons. The first-order chi connectivity index (χ1) is 17.8. The van der Waals surface area contributed by atoms with Crippen LogP contribution in [0.4, 0.5) is 16.0 Å². The highest BCUT2D eigenvalue weighted by Gasteiger charge is 2.29. The second-order valence-electron chi connectivity index (χ2n) is 8.77. The molecule has 188 valence electrons. The molecule has 4 aromatic rings. The first kappa shape index (κ1) is 23.0. The quantitative estimate of drug-likeness (QED) is 0.400. The Morgan fingerprint density at radius 1 is 1.24 bits per heavy atom. The molecule has 1 atom stereocenters. The smallest absolute Gasteiger partial charge is 0.339 e. The van der Waals surface area contributed by atoms with Gasteiger partial charge in [0, 0.05) is 36.5 Å². The van der Waals surface area contributed by atoms with Crippen molar-refractivity contribution in [3.05, 3.63) is 86.2 Å². The van der Waals surface area contributed by atoms with Crippen LogP contribution in [-0.4, -0.2) is 32.2 Å². The number of hydrogen-bond donors (Lipinski definition) is 2. The van der Waals surface area contributed by atoms with E-state index in [0.717, 1.165) is 23.4 Å². The summed E-state index contributed by atoms with van der Waals surface area (Å²) in [5, 5.41) is 12.7. The molecule has 0 spiro atoms. The van der Waals surface area contributed by atoms with Crippen molar-refractivity contribution in [2.45, 2.75) is 26.1 Å². The Balaban J connectivity index is 1.39. The number of rotatable bonds is 5. The van der Waals surface area contributed by atoms with E-state index in [-0.39, 0.29) is 23.7 Å². The van der Waals surface area contributed by atoms with Crippen molar-refractivity contribution in [2.75, 3.05) is 17.0 Å². The molecule has 0 aliphatic carbocycles. The second-order valence-corrected chi connectivity index (χ2v) is 9.21. The van der Waals surface area contributed by atoms with Gasteiger partial charge in [-0.1, -0.05) is 17.7 Å². The van der Waals surface area contributed by atoms with E-state index < -0.39 is 17.8 Å². The zero-order chi connectivity index (χ0) is 25.8. The van der Waals surface area contributed by atoms with Crippen LogP contribution in [0.2, 0.25) is 5.02 Å². The SMILES string of the molecule is CC(Nc1ncc(F)cc1C(=O)O)c1cc(Cl)cn2c(=O)cc(N3Cc4ccc5c(c4C3)OCO5)nc12. The van der Waals surface area contributed by atoms with Gasteiger partial charge in [-0.2, -0.15) is 0 Å². The van der Waals surface area contributed by atoms with Gasteiger partial charge in [-0.3, -0.25) is 9.20 Å². The first-order valence-corrected chi connectivity index (χ1v) is 11.7. The normalized spacial score (nSPS) is 14.6. The van der Waals surface area contributed by atoms with Gasteiger partial charge in [0.15, 0.2) is 11.5 Å². The van der Waals surface area contributed by atoms with Crippen LogP contribution in [0, 0.1) is 5.82 Å². The molecule has 2 N–H and O–H groups in total. The van der Waals surface area contributed by atoms with Crippen LogP contribution in [0.15, 0.2) is 47.5 Å². The summed E-state index contributed by atoms with van der Waals surface area (Å²) in [7, 11) is 0. The van der Waals surface area contributed by atoms with Gasteiger partial charge in [0.25, 0.3) is 5.56 Å². The number of ether oxygens (including phenoxy) is 2. The van der Waals surface area contributed by atoms with Gasteiger partial charge in [-0.05, 0) is 30.7 Å². The van der Waals surface area contributed by atoms with Crippen LogP contribution in [0.3, 0.4) is 0 Å². The van der Waals surface area contributed by atoms with Crippen molar-refractivity contribution >= 4 is 34.9 Å². The molecule has 12 heteroatoms. The van der Waals surface area contributed by atoms with Gasteiger partial charge < -0.3 is 24.8 Å². The molecule has 2 aliphatic rings. The molecule has 1 aromatic carbocycles. The highest BCUT2D eigenvalue weighted by Crippen LogP contribution is 2.42. The number of pyridine rings is 2. The van der Waals surface area contributed by atoms with Crippen molar-refractivity contribution < 1.29 is 23.8 Å². The number of hydrogen-bond acceptors (Lipinski definition) is 8. The number of aromatic nitrogens is 3. The monoisotopic (exact) mass is 523 g/mol.